The molecule has 0 aliphatic carbocycles. The maximum Gasteiger partial charge on any atom is 0.0366 e. The summed E-state index contributed by atoms with van der Waals surface area (Å²) in [4.78, 5) is 2.53. The second kappa shape index (κ2) is 7.54. The highest BCUT2D eigenvalue weighted by Gasteiger charge is 2.27. The zero-order valence-electron chi connectivity index (χ0n) is 13.2. The zero-order valence-corrected chi connectivity index (χ0v) is 13.2. The Kier molecular flexibility index (Phi) is 6.36. The predicted octanol–water partition coefficient (Wildman–Crippen LogP) is 3.93. The summed E-state index contributed by atoms with van der Waals surface area (Å²) in [5, 5.41) is 3.39. The van der Waals surface area contributed by atoms with E-state index < -0.39 is 0 Å². The summed E-state index contributed by atoms with van der Waals surface area (Å²) in [7, 11) is 2.05. The van der Waals surface area contributed by atoms with E-state index in [9.17, 15) is 0 Å². The van der Waals surface area contributed by atoms with Crippen LogP contribution in [0, 0.1) is 5.41 Å². The predicted molar refractivity (Wildman–Crippen MR) is 85.9 cm³/mol. The minimum absolute atomic E-state index is 0.248. The lowest BCUT2D eigenvalue weighted by Crippen LogP contribution is -2.46. The molecule has 108 valence electrons. The molecule has 0 bridgehead atoms. The van der Waals surface area contributed by atoms with E-state index in [1.807, 2.05) is 7.05 Å². The van der Waals surface area contributed by atoms with E-state index in [2.05, 4.69) is 68.2 Å². The number of unbranched alkanes of at least 4 members (excludes halogenated alkanes) is 1. The van der Waals surface area contributed by atoms with Gasteiger partial charge in [0, 0.05) is 24.8 Å². The van der Waals surface area contributed by atoms with Crippen molar-refractivity contribution in [3.63, 3.8) is 0 Å². The molecule has 0 aromatic heterocycles. The van der Waals surface area contributed by atoms with Gasteiger partial charge in [-0.05, 0) is 37.9 Å². The second-order valence-corrected chi connectivity index (χ2v) is 6.11. The Hall–Kier alpha value is -1.02. The maximum absolute atomic E-state index is 3.39. The van der Waals surface area contributed by atoms with E-state index in [1.165, 1.54) is 18.5 Å². The van der Waals surface area contributed by atoms with Gasteiger partial charge in [-0.3, -0.25) is 0 Å². The van der Waals surface area contributed by atoms with Crippen LogP contribution in [0.1, 0.15) is 40.5 Å². The molecule has 1 unspecified atom stereocenters. The molecule has 0 saturated heterocycles. The standard InChI is InChI=1S/C17H30N2/c1-6-7-13-19(16-11-9-8-10-12-16)14-17(3,4)15(2)18-5/h8-12,15,18H,6-7,13-14H2,1-5H3. The molecule has 1 aromatic rings. The third-order valence-corrected chi connectivity index (χ3v) is 4.11. The second-order valence-electron chi connectivity index (χ2n) is 6.11. The fourth-order valence-corrected chi connectivity index (χ4v) is 2.31. The summed E-state index contributed by atoms with van der Waals surface area (Å²) in [6.07, 6.45) is 2.49. The van der Waals surface area contributed by atoms with Crippen molar-refractivity contribution in [2.24, 2.45) is 5.41 Å². The third-order valence-electron chi connectivity index (χ3n) is 4.11. The molecular formula is C17H30N2. The topological polar surface area (TPSA) is 15.3 Å². The highest BCUT2D eigenvalue weighted by Crippen LogP contribution is 2.25. The number of nitrogens with zero attached hydrogens (tertiary/aromatic N) is 1. The Morgan fingerprint density at radius 2 is 1.84 bits per heavy atom. The first-order valence-corrected chi connectivity index (χ1v) is 7.48. The van der Waals surface area contributed by atoms with Crippen LogP contribution in [0.15, 0.2) is 30.3 Å². The molecule has 0 amide bonds. The number of rotatable bonds is 8. The van der Waals surface area contributed by atoms with Crippen molar-refractivity contribution in [2.75, 3.05) is 25.0 Å². The lowest BCUT2D eigenvalue weighted by atomic mass is 9.84. The number of benzene rings is 1. The first kappa shape index (κ1) is 16.0. The monoisotopic (exact) mass is 262 g/mol. The summed E-state index contributed by atoms with van der Waals surface area (Å²) in [6.45, 7) is 11.4. The molecule has 2 nitrogen and oxygen atoms in total. The number of para-hydroxylation sites is 1. The van der Waals surface area contributed by atoms with Gasteiger partial charge in [0.25, 0.3) is 0 Å². The molecule has 0 radical (unpaired) electrons. The molecule has 0 aliphatic heterocycles. The SMILES string of the molecule is CCCCN(CC(C)(C)C(C)NC)c1ccccc1. The number of hydrogen-bond donors (Lipinski definition) is 1. The summed E-state index contributed by atoms with van der Waals surface area (Å²) in [6, 6.07) is 11.3. The minimum atomic E-state index is 0.248. The van der Waals surface area contributed by atoms with E-state index in [4.69, 9.17) is 0 Å². The molecule has 0 saturated carbocycles. The van der Waals surface area contributed by atoms with Crippen molar-refractivity contribution in [1.82, 2.24) is 5.32 Å². The molecule has 0 spiro atoms. The van der Waals surface area contributed by atoms with Gasteiger partial charge in [-0.15, -0.1) is 0 Å². The van der Waals surface area contributed by atoms with Crippen LogP contribution in [0.4, 0.5) is 5.69 Å². The molecule has 0 fully saturated rings. The van der Waals surface area contributed by atoms with E-state index in [1.54, 1.807) is 0 Å². The lowest BCUT2D eigenvalue weighted by molar-refractivity contribution is 0.271. The highest BCUT2D eigenvalue weighted by atomic mass is 15.1. The smallest absolute Gasteiger partial charge is 0.0366 e. The normalized spacial score (nSPS) is 13.3. The van der Waals surface area contributed by atoms with E-state index in [0.717, 1.165) is 13.1 Å². The van der Waals surface area contributed by atoms with Gasteiger partial charge in [0.15, 0.2) is 0 Å². The van der Waals surface area contributed by atoms with Crippen LogP contribution in [0.25, 0.3) is 0 Å². The Labute approximate surface area is 119 Å². The van der Waals surface area contributed by atoms with Crippen LogP contribution in [0.5, 0.6) is 0 Å². The van der Waals surface area contributed by atoms with Gasteiger partial charge < -0.3 is 10.2 Å². The molecule has 2 heteroatoms. The Bertz CT molecular complexity index is 346. The van der Waals surface area contributed by atoms with Gasteiger partial charge in [-0.1, -0.05) is 45.4 Å². The summed E-state index contributed by atoms with van der Waals surface area (Å²) in [5.41, 5.74) is 1.59. The highest BCUT2D eigenvalue weighted by molar-refractivity contribution is 5.46. The molecule has 0 aliphatic rings. The van der Waals surface area contributed by atoms with E-state index >= 15 is 0 Å². The summed E-state index contributed by atoms with van der Waals surface area (Å²) < 4.78 is 0. The molecule has 1 aromatic carbocycles. The van der Waals surface area contributed by atoms with E-state index in [-0.39, 0.29) is 5.41 Å². The molecule has 19 heavy (non-hydrogen) atoms. The summed E-state index contributed by atoms with van der Waals surface area (Å²) in [5.74, 6) is 0. The van der Waals surface area contributed by atoms with Crippen molar-refractivity contribution in [2.45, 2.75) is 46.6 Å². The molecule has 1 N–H and O–H groups in total. The maximum atomic E-state index is 3.39. The van der Waals surface area contributed by atoms with Gasteiger partial charge >= 0.3 is 0 Å². The van der Waals surface area contributed by atoms with Gasteiger partial charge in [0.05, 0.1) is 0 Å². The number of hydrogen-bond acceptors (Lipinski definition) is 2. The first-order chi connectivity index (χ1) is 9.01. The molecule has 1 atom stereocenters. The van der Waals surface area contributed by atoms with Crippen LogP contribution in [-0.4, -0.2) is 26.2 Å². The fraction of sp³-hybridized carbons (Fsp3) is 0.647. The van der Waals surface area contributed by atoms with Crippen molar-refractivity contribution in [3.05, 3.63) is 30.3 Å². The zero-order chi connectivity index (χ0) is 14.3. The average Bonchev–Trinajstić information content (AvgIpc) is 2.43. The van der Waals surface area contributed by atoms with Crippen LogP contribution < -0.4 is 10.2 Å². The Balaban J connectivity index is 2.81. The van der Waals surface area contributed by atoms with Crippen molar-refractivity contribution in [3.8, 4) is 0 Å². The van der Waals surface area contributed by atoms with Gasteiger partial charge in [0.2, 0.25) is 0 Å². The molecule has 0 heterocycles. The van der Waals surface area contributed by atoms with Crippen LogP contribution in [0.2, 0.25) is 0 Å². The van der Waals surface area contributed by atoms with Crippen LogP contribution >= 0.6 is 0 Å². The Morgan fingerprint density at radius 3 is 2.37 bits per heavy atom. The first-order valence-electron chi connectivity index (χ1n) is 7.48. The molecule has 1 rings (SSSR count). The third kappa shape index (κ3) is 4.87. The van der Waals surface area contributed by atoms with Gasteiger partial charge in [-0.25, -0.2) is 0 Å². The van der Waals surface area contributed by atoms with Crippen molar-refractivity contribution >= 4 is 5.69 Å². The van der Waals surface area contributed by atoms with Crippen LogP contribution in [0.3, 0.4) is 0 Å². The average molecular weight is 262 g/mol. The van der Waals surface area contributed by atoms with E-state index in [0.29, 0.717) is 6.04 Å². The summed E-state index contributed by atoms with van der Waals surface area (Å²) >= 11 is 0. The minimum Gasteiger partial charge on any atom is -0.371 e. The van der Waals surface area contributed by atoms with Crippen molar-refractivity contribution in [1.29, 1.82) is 0 Å². The molecular weight excluding hydrogens is 232 g/mol. The quantitative estimate of drug-likeness (QED) is 0.763. The van der Waals surface area contributed by atoms with Gasteiger partial charge in [0.1, 0.15) is 0 Å². The number of nitrogens with one attached hydrogen (secondary N) is 1. The Morgan fingerprint density at radius 1 is 1.21 bits per heavy atom. The number of anilines is 1. The largest absolute Gasteiger partial charge is 0.371 e. The van der Waals surface area contributed by atoms with Crippen molar-refractivity contribution < 1.29 is 0 Å². The van der Waals surface area contributed by atoms with Gasteiger partial charge in [-0.2, -0.15) is 0 Å². The van der Waals surface area contributed by atoms with Crippen LogP contribution in [-0.2, 0) is 0 Å². The fourth-order valence-electron chi connectivity index (χ4n) is 2.31. The lowest BCUT2D eigenvalue weighted by Gasteiger charge is -2.38.